The first-order valence-electron chi connectivity index (χ1n) is 10.7. The van der Waals surface area contributed by atoms with E-state index in [9.17, 15) is 18.8 Å². The highest BCUT2D eigenvalue weighted by atomic mass is 19.1. The summed E-state index contributed by atoms with van der Waals surface area (Å²) in [5.74, 6) is -0.900. The number of hydrogen-bond donors (Lipinski definition) is 1. The van der Waals surface area contributed by atoms with Crippen LogP contribution in [0.3, 0.4) is 0 Å². The van der Waals surface area contributed by atoms with E-state index in [0.29, 0.717) is 50.3 Å². The van der Waals surface area contributed by atoms with E-state index in [-0.39, 0.29) is 11.5 Å². The van der Waals surface area contributed by atoms with Crippen LogP contribution >= 0.6 is 0 Å². The van der Waals surface area contributed by atoms with Crippen molar-refractivity contribution in [3.05, 3.63) is 63.3 Å². The third-order valence-electron chi connectivity index (χ3n) is 5.84. The molecule has 2 amide bonds. The number of fused-ring (bicyclic) bond motifs is 1. The first-order chi connectivity index (χ1) is 15.0. The second-order valence-corrected chi connectivity index (χ2v) is 7.88. The Bertz CT molecular complexity index is 1040. The maximum Gasteiger partial charge on any atom is 0.268 e. The molecular formula is C23H26FN3O4. The van der Waals surface area contributed by atoms with Crippen LogP contribution in [0.2, 0.25) is 0 Å². The van der Waals surface area contributed by atoms with Gasteiger partial charge in [-0.25, -0.2) is 4.39 Å². The van der Waals surface area contributed by atoms with Crippen molar-refractivity contribution in [1.82, 2.24) is 14.8 Å². The van der Waals surface area contributed by atoms with Crippen LogP contribution < -0.4 is 10.9 Å². The lowest BCUT2D eigenvalue weighted by Gasteiger charge is -2.34. The molecule has 31 heavy (non-hydrogen) atoms. The van der Waals surface area contributed by atoms with Crippen molar-refractivity contribution < 1.29 is 18.7 Å². The predicted octanol–water partition coefficient (Wildman–Crippen LogP) is 2.18. The Morgan fingerprint density at radius 3 is 2.68 bits per heavy atom. The molecule has 164 valence electrons. The van der Waals surface area contributed by atoms with Crippen LogP contribution in [-0.4, -0.2) is 47.1 Å². The molecule has 2 aliphatic heterocycles. The number of amides is 2. The molecule has 0 bridgehead atoms. The summed E-state index contributed by atoms with van der Waals surface area (Å²) in [6, 6.07) is 5.52. The molecule has 2 aliphatic rings. The van der Waals surface area contributed by atoms with Crippen molar-refractivity contribution in [2.45, 2.75) is 45.3 Å². The zero-order valence-corrected chi connectivity index (χ0v) is 17.5. The lowest BCUT2D eigenvalue weighted by molar-refractivity contribution is -0.147. The number of carbonyl (C=O) groups is 2. The first-order valence-corrected chi connectivity index (χ1v) is 10.7. The molecule has 1 saturated heterocycles. The number of hydrogen-bond acceptors (Lipinski definition) is 4. The number of nitrogens with one attached hydrogen (secondary N) is 1. The van der Waals surface area contributed by atoms with Crippen LogP contribution in [0.25, 0.3) is 5.69 Å². The molecule has 1 N–H and O–H groups in total. The summed E-state index contributed by atoms with van der Waals surface area (Å²) < 4.78 is 20.4. The highest BCUT2D eigenvalue weighted by molar-refractivity contribution is 5.96. The second-order valence-electron chi connectivity index (χ2n) is 7.88. The lowest BCUT2D eigenvalue weighted by atomic mass is 9.95. The van der Waals surface area contributed by atoms with Crippen LogP contribution in [0.5, 0.6) is 0 Å². The van der Waals surface area contributed by atoms with Gasteiger partial charge in [-0.2, -0.15) is 0 Å². The van der Waals surface area contributed by atoms with Crippen LogP contribution in [0.4, 0.5) is 4.39 Å². The van der Waals surface area contributed by atoms with Gasteiger partial charge in [-0.05, 0) is 68.0 Å². The van der Waals surface area contributed by atoms with Crippen LogP contribution in [-0.2, 0) is 22.5 Å². The molecule has 3 heterocycles. The average Bonchev–Trinajstić information content (AvgIpc) is 2.79. The molecular weight excluding hydrogens is 401 g/mol. The molecule has 1 unspecified atom stereocenters. The second kappa shape index (κ2) is 9.01. The third kappa shape index (κ3) is 4.25. The van der Waals surface area contributed by atoms with Crippen molar-refractivity contribution in [3.8, 4) is 5.69 Å². The first kappa shape index (κ1) is 21.2. The predicted molar refractivity (Wildman–Crippen MR) is 113 cm³/mol. The molecule has 0 radical (unpaired) electrons. The Kier molecular flexibility index (Phi) is 6.18. The number of nitrogens with zero attached hydrogens (tertiary/aromatic N) is 2. The fourth-order valence-electron chi connectivity index (χ4n) is 4.26. The molecule has 0 aliphatic carbocycles. The number of carbonyl (C=O) groups excluding carboxylic acids is 2. The SMILES string of the molecule is CCNC(=O)c1c2c(cn(-c3ccc(F)cc3)c1=O)CN(C(=O)C1CCCCO1)CC2. The average molecular weight is 427 g/mol. The summed E-state index contributed by atoms with van der Waals surface area (Å²) in [6.07, 6.45) is 4.29. The van der Waals surface area contributed by atoms with E-state index in [1.165, 1.54) is 28.8 Å². The third-order valence-corrected chi connectivity index (χ3v) is 5.84. The monoisotopic (exact) mass is 427 g/mol. The fraction of sp³-hybridized carbons (Fsp3) is 0.435. The van der Waals surface area contributed by atoms with Crippen molar-refractivity contribution in [2.24, 2.45) is 0 Å². The van der Waals surface area contributed by atoms with E-state index in [4.69, 9.17) is 4.74 Å². The minimum absolute atomic E-state index is 0.0514. The maximum absolute atomic E-state index is 13.4. The molecule has 1 fully saturated rings. The minimum atomic E-state index is -0.452. The molecule has 2 aromatic rings. The zero-order valence-electron chi connectivity index (χ0n) is 17.5. The minimum Gasteiger partial charge on any atom is -0.368 e. The van der Waals surface area contributed by atoms with Gasteiger partial charge in [-0.15, -0.1) is 0 Å². The molecule has 8 heteroatoms. The summed E-state index contributed by atoms with van der Waals surface area (Å²) in [5, 5.41) is 2.71. The van der Waals surface area contributed by atoms with Gasteiger partial charge in [0.05, 0.1) is 0 Å². The topological polar surface area (TPSA) is 80.6 Å². The van der Waals surface area contributed by atoms with Gasteiger partial charge in [0.1, 0.15) is 17.5 Å². The van der Waals surface area contributed by atoms with Crippen molar-refractivity contribution in [3.63, 3.8) is 0 Å². The van der Waals surface area contributed by atoms with Gasteiger partial charge in [-0.3, -0.25) is 19.0 Å². The van der Waals surface area contributed by atoms with Crippen molar-refractivity contribution >= 4 is 11.8 Å². The molecule has 1 aromatic heterocycles. The highest BCUT2D eigenvalue weighted by Gasteiger charge is 2.32. The van der Waals surface area contributed by atoms with Gasteiger partial charge in [-0.1, -0.05) is 0 Å². The number of benzene rings is 1. The molecule has 0 spiro atoms. The van der Waals surface area contributed by atoms with Gasteiger partial charge >= 0.3 is 0 Å². The summed E-state index contributed by atoms with van der Waals surface area (Å²) in [6.45, 7) is 3.49. The molecule has 7 nitrogen and oxygen atoms in total. The Morgan fingerprint density at radius 1 is 1.23 bits per heavy atom. The highest BCUT2D eigenvalue weighted by Crippen LogP contribution is 2.24. The van der Waals surface area contributed by atoms with Gasteiger partial charge in [0.15, 0.2) is 0 Å². The van der Waals surface area contributed by atoms with E-state index in [2.05, 4.69) is 5.32 Å². The normalized spacial score (nSPS) is 18.4. The molecule has 0 saturated carbocycles. The summed E-state index contributed by atoms with van der Waals surface area (Å²) in [4.78, 5) is 40.7. The molecule has 1 aromatic carbocycles. The molecule has 1 atom stereocenters. The van der Waals surface area contributed by atoms with E-state index in [1.807, 2.05) is 0 Å². The summed E-state index contributed by atoms with van der Waals surface area (Å²) >= 11 is 0. The van der Waals surface area contributed by atoms with E-state index in [1.54, 1.807) is 18.0 Å². The standard InChI is InChI=1S/C23H26FN3O4/c1-2-25-21(28)20-18-10-11-26(22(29)19-5-3-4-12-31-19)13-15(18)14-27(23(20)30)17-8-6-16(24)7-9-17/h6-9,14,19H,2-5,10-13H2,1H3,(H,25,28). The van der Waals surface area contributed by atoms with Gasteiger partial charge < -0.3 is 15.0 Å². The van der Waals surface area contributed by atoms with Gasteiger partial charge in [0, 0.05) is 38.1 Å². The van der Waals surface area contributed by atoms with Crippen LogP contribution in [0.1, 0.15) is 47.7 Å². The number of rotatable bonds is 4. The largest absolute Gasteiger partial charge is 0.368 e. The van der Waals surface area contributed by atoms with E-state index < -0.39 is 23.4 Å². The smallest absolute Gasteiger partial charge is 0.268 e. The van der Waals surface area contributed by atoms with Crippen LogP contribution in [0.15, 0.2) is 35.3 Å². The van der Waals surface area contributed by atoms with Crippen LogP contribution in [0, 0.1) is 5.82 Å². The zero-order chi connectivity index (χ0) is 22.0. The van der Waals surface area contributed by atoms with Gasteiger partial charge in [0.25, 0.3) is 17.4 Å². The number of ether oxygens (including phenoxy) is 1. The Hall–Kier alpha value is -3.00. The van der Waals surface area contributed by atoms with Crippen molar-refractivity contribution in [1.29, 1.82) is 0 Å². The maximum atomic E-state index is 13.4. The van der Waals surface area contributed by atoms with E-state index in [0.717, 1.165) is 18.4 Å². The van der Waals surface area contributed by atoms with Gasteiger partial charge in [0.2, 0.25) is 0 Å². The quantitative estimate of drug-likeness (QED) is 0.811. The number of aromatic nitrogens is 1. The number of halogens is 1. The van der Waals surface area contributed by atoms with E-state index >= 15 is 0 Å². The number of pyridine rings is 1. The molecule has 4 rings (SSSR count). The van der Waals surface area contributed by atoms with Crippen molar-refractivity contribution in [2.75, 3.05) is 19.7 Å². The Balaban J connectivity index is 1.74. The lowest BCUT2D eigenvalue weighted by Crippen LogP contribution is -2.46. The summed E-state index contributed by atoms with van der Waals surface area (Å²) in [5.41, 5.74) is 1.50. The Morgan fingerprint density at radius 2 is 2.00 bits per heavy atom. The fourth-order valence-corrected chi connectivity index (χ4v) is 4.26. The Labute approximate surface area is 179 Å². The summed E-state index contributed by atoms with van der Waals surface area (Å²) in [7, 11) is 0.